The maximum Gasteiger partial charge on any atom is 0.191 e. The topological polar surface area (TPSA) is 80.0 Å². The van der Waals surface area contributed by atoms with Gasteiger partial charge in [0.15, 0.2) is 11.8 Å². The highest BCUT2D eigenvalue weighted by atomic mass is 32.1. The number of thiazole rings is 1. The number of hydrogen-bond acceptors (Lipinski definition) is 5. The zero-order valence-electron chi connectivity index (χ0n) is 14.3. The first-order valence-electron chi connectivity index (χ1n) is 8.05. The average Bonchev–Trinajstić information content (AvgIpc) is 3.30. The molecule has 3 heterocycles. The lowest BCUT2D eigenvalue weighted by Crippen LogP contribution is -2.37. The molecular formula is C17H21N7S. The fourth-order valence-electron chi connectivity index (χ4n) is 2.34. The summed E-state index contributed by atoms with van der Waals surface area (Å²) < 4.78 is 1.74. The van der Waals surface area contributed by atoms with Gasteiger partial charge in [0.2, 0.25) is 0 Å². The summed E-state index contributed by atoms with van der Waals surface area (Å²) in [5.74, 6) is 1.57. The van der Waals surface area contributed by atoms with Crippen molar-refractivity contribution in [3.8, 4) is 5.82 Å². The van der Waals surface area contributed by atoms with Gasteiger partial charge in [-0.05, 0) is 30.7 Å². The monoisotopic (exact) mass is 355 g/mol. The third kappa shape index (κ3) is 4.87. The van der Waals surface area contributed by atoms with Gasteiger partial charge in [-0.1, -0.05) is 0 Å². The Balaban J connectivity index is 1.50. The van der Waals surface area contributed by atoms with Crippen molar-refractivity contribution in [1.82, 2.24) is 30.4 Å². The fourth-order valence-corrected chi connectivity index (χ4v) is 2.99. The zero-order valence-corrected chi connectivity index (χ0v) is 15.1. The molecule has 3 aromatic rings. The van der Waals surface area contributed by atoms with E-state index in [1.807, 2.05) is 31.3 Å². The van der Waals surface area contributed by atoms with Gasteiger partial charge in [0, 0.05) is 50.5 Å². The molecule has 130 valence electrons. The summed E-state index contributed by atoms with van der Waals surface area (Å²) >= 11 is 1.68. The van der Waals surface area contributed by atoms with Gasteiger partial charge in [-0.2, -0.15) is 5.10 Å². The van der Waals surface area contributed by atoms with Gasteiger partial charge in [-0.15, -0.1) is 11.3 Å². The number of nitrogens with one attached hydrogen (secondary N) is 2. The lowest BCUT2D eigenvalue weighted by Gasteiger charge is -2.12. The Kier molecular flexibility index (Phi) is 5.73. The van der Waals surface area contributed by atoms with E-state index in [4.69, 9.17) is 0 Å². The van der Waals surface area contributed by atoms with E-state index in [9.17, 15) is 0 Å². The summed E-state index contributed by atoms with van der Waals surface area (Å²) in [6, 6.07) is 5.86. The van der Waals surface area contributed by atoms with Crippen LogP contribution in [0, 0.1) is 6.92 Å². The molecule has 0 aliphatic rings. The third-order valence-electron chi connectivity index (χ3n) is 3.57. The van der Waals surface area contributed by atoms with Gasteiger partial charge >= 0.3 is 0 Å². The van der Waals surface area contributed by atoms with Crippen LogP contribution in [0.15, 0.2) is 47.2 Å². The number of nitrogens with zero attached hydrogens (tertiary/aromatic N) is 5. The molecule has 0 radical (unpaired) electrons. The number of aryl methyl sites for hydroxylation is 1. The summed E-state index contributed by atoms with van der Waals surface area (Å²) in [5, 5.41) is 14.0. The molecule has 0 atom stereocenters. The second-order valence-electron chi connectivity index (χ2n) is 5.43. The van der Waals surface area contributed by atoms with Crippen LogP contribution in [0.2, 0.25) is 0 Å². The number of aliphatic imine (C=N–C) groups is 1. The summed E-state index contributed by atoms with van der Waals surface area (Å²) in [6.45, 7) is 3.47. The van der Waals surface area contributed by atoms with Crippen molar-refractivity contribution in [2.75, 3.05) is 13.6 Å². The lowest BCUT2D eigenvalue weighted by molar-refractivity contribution is 0.782. The number of aromatic nitrogens is 4. The highest BCUT2D eigenvalue weighted by Gasteiger charge is 2.03. The van der Waals surface area contributed by atoms with E-state index in [0.29, 0.717) is 6.54 Å². The van der Waals surface area contributed by atoms with Gasteiger partial charge in [0.1, 0.15) is 0 Å². The van der Waals surface area contributed by atoms with Crippen LogP contribution >= 0.6 is 11.3 Å². The summed E-state index contributed by atoms with van der Waals surface area (Å²) in [7, 11) is 1.77. The summed E-state index contributed by atoms with van der Waals surface area (Å²) in [5.41, 5.74) is 2.22. The molecule has 0 aromatic carbocycles. The van der Waals surface area contributed by atoms with Crippen LogP contribution in [-0.4, -0.2) is 39.3 Å². The van der Waals surface area contributed by atoms with Crippen LogP contribution < -0.4 is 10.6 Å². The molecule has 0 spiro atoms. The van der Waals surface area contributed by atoms with Crippen molar-refractivity contribution in [2.45, 2.75) is 19.9 Å². The molecular weight excluding hydrogens is 334 g/mol. The van der Waals surface area contributed by atoms with Gasteiger partial charge in [-0.25, -0.2) is 14.6 Å². The van der Waals surface area contributed by atoms with Crippen LogP contribution in [0.3, 0.4) is 0 Å². The van der Waals surface area contributed by atoms with Crippen molar-refractivity contribution >= 4 is 17.3 Å². The Morgan fingerprint density at radius 2 is 2.24 bits per heavy atom. The Morgan fingerprint density at radius 3 is 2.96 bits per heavy atom. The predicted octanol–water partition coefficient (Wildman–Crippen LogP) is 1.94. The van der Waals surface area contributed by atoms with E-state index in [2.05, 4.69) is 36.1 Å². The standard InChI is InChI=1S/C17H21N7S/c1-13-23-15(12-25-13)5-8-20-17(18-2)21-11-14-4-7-19-16(10-14)24-9-3-6-22-24/h3-4,6-7,9-10,12H,5,8,11H2,1-2H3,(H2,18,20,21). The largest absolute Gasteiger partial charge is 0.356 e. The molecule has 0 fully saturated rings. The van der Waals surface area contributed by atoms with Crippen molar-refractivity contribution in [2.24, 2.45) is 4.99 Å². The Labute approximate surface area is 150 Å². The van der Waals surface area contributed by atoms with Crippen LogP contribution in [0.4, 0.5) is 0 Å². The van der Waals surface area contributed by atoms with Gasteiger partial charge in [-0.3, -0.25) is 4.99 Å². The molecule has 3 aromatic heterocycles. The highest BCUT2D eigenvalue weighted by Crippen LogP contribution is 2.08. The first-order chi connectivity index (χ1) is 12.2. The smallest absolute Gasteiger partial charge is 0.191 e. The molecule has 0 bridgehead atoms. The maximum atomic E-state index is 4.46. The quantitative estimate of drug-likeness (QED) is 0.522. The first kappa shape index (κ1) is 17.1. The maximum absolute atomic E-state index is 4.46. The van der Waals surface area contributed by atoms with Gasteiger partial charge < -0.3 is 10.6 Å². The molecule has 0 amide bonds. The van der Waals surface area contributed by atoms with Gasteiger partial charge in [0.25, 0.3) is 0 Å². The van der Waals surface area contributed by atoms with Crippen LogP contribution in [0.25, 0.3) is 5.82 Å². The van der Waals surface area contributed by atoms with E-state index >= 15 is 0 Å². The molecule has 7 nitrogen and oxygen atoms in total. The van der Waals surface area contributed by atoms with Crippen LogP contribution in [-0.2, 0) is 13.0 Å². The molecule has 0 saturated heterocycles. The molecule has 0 saturated carbocycles. The van der Waals surface area contributed by atoms with Crippen molar-refractivity contribution in [3.63, 3.8) is 0 Å². The molecule has 0 aliphatic carbocycles. The molecule has 25 heavy (non-hydrogen) atoms. The second-order valence-corrected chi connectivity index (χ2v) is 6.50. The minimum absolute atomic E-state index is 0.659. The first-order valence-corrected chi connectivity index (χ1v) is 8.93. The van der Waals surface area contributed by atoms with Crippen molar-refractivity contribution in [1.29, 1.82) is 0 Å². The van der Waals surface area contributed by atoms with E-state index in [-0.39, 0.29) is 0 Å². The predicted molar refractivity (Wildman–Crippen MR) is 100 cm³/mol. The van der Waals surface area contributed by atoms with Crippen molar-refractivity contribution in [3.05, 3.63) is 58.4 Å². The highest BCUT2D eigenvalue weighted by molar-refractivity contribution is 7.09. The van der Waals surface area contributed by atoms with E-state index < -0.39 is 0 Å². The molecule has 8 heteroatoms. The average molecular weight is 355 g/mol. The van der Waals surface area contributed by atoms with Crippen LogP contribution in [0.1, 0.15) is 16.3 Å². The van der Waals surface area contributed by atoms with E-state index in [1.165, 1.54) is 0 Å². The van der Waals surface area contributed by atoms with E-state index in [1.54, 1.807) is 35.5 Å². The minimum atomic E-state index is 0.659. The number of guanidine groups is 1. The fraction of sp³-hybridized carbons (Fsp3) is 0.294. The minimum Gasteiger partial charge on any atom is -0.356 e. The van der Waals surface area contributed by atoms with Crippen LogP contribution in [0.5, 0.6) is 0 Å². The summed E-state index contributed by atoms with van der Waals surface area (Å²) in [4.78, 5) is 13.1. The number of rotatable bonds is 6. The number of pyridine rings is 1. The zero-order chi connectivity index (χ0) is 17.5. The van der Waals surface area contributed by atoms with E-state index in [0.717, 1.165) is 41.0 Å². The van der Waals surface area contributed by atoms with Gasteiger partial charge in [0.05, 0.1) is 10.7 Å². The Hall–Kier alpha value is -2.74. The lowest BCUT2D eigenvalue weighted by atomic mass is 10.2. The Morgan fingerprint density at radius 1 is 1.32 bits per heavy atom. The molecule has 0 unspecified atom stereocenters. The molecule has 2 N–H and O–H groups in total. The molecule has 0 aliphatic heterocycles. The summed E-state index contributed by atoms with van der Waals surface area (Å²) in [6.07, 6.45) is 6.28. The Bertz CT molecular complexity index is 823. The van der Waals surface area contributed by atoms with Crippen molar-refractivity contribution < 1.29 is 0 Å². The second kappa shape index (κ2) is 8.39. The third-order valence-corrected chi connectivity index (χ3v) is 4.40. The number of hydrogen-bond donors (Lipinski definition) is 2. The normalized spacial score (nSPS) is 11.5. The SMILES string of the molecule is CN=C(NCCc1csc(C)n1)NCc1ccnc(-n2cccn2)c1. The molecule has 3 rings (SSSR count).